The van der Waals surface area contributed by atoms with Gasteiger partial charge in [0.1, 0.15) is 5.75 Å². The molecule has 7 nitrogen and oxygen atoms in total. The SMILES string of the molecule is CCOC(=O)Oc1ccc(C(=O)Nc2ccc(CNC(=O)CCc3ccccc3Br)cc2)cc1. The molecule has 34 heavy (non-hydrogen) atoms. The lowest BCUT2D eigenvalue weighted by atomic mass is 10.1. The van der Waals surface area contributed by atoms with Crippen LogP contribution in [0.1, 0.15) is 34.8 Å². The summed E-state index contributed by atoms with van der Waals surface area (Å²) >= 11 is 3.49. The summed E-state index contributed by atoms with van der Waals surface area (Å²) in [7, 11) is 0. The molecule has 0 aliphatic heterocycles. The molecule has 0 atom stereocenters. The molecule has 0 aromatic heterocycles. The molecule has 0 bridgehead atoms. The first-order valence-corrected chi connectivity index (χ1v) is 11.6. The number of amides is 2. The zero-order valence-electron chi connectivity index (χ0n) is 18.7. The van der Waals surface area contributed by atoms with Crippen molar-refractivity contribution in [3.8, 4) is 5.75 Å². The minimum Gasteiger partial charge on any atom is -0.434 e. The fraction of sp³-hybridized carbons (Fsp3) is 0.192. The van der Waals surface area contributed by atoms with Gasteiger partial charge < -0.3 is 20.1 Å². The maximum atomic E-state index is 12.5. The molecule has 2 amide bonds. The van der Waals surface area contributed by atoms with Gasteiger partial charge in [-0.25, -0.2) is 4.79 Å². The summed E-state index contributed by atoms with van der Waals surface area (Å²) in [5.41, 5.74) is 3.06. The van der Waals surface area contributed by atoms with Crippen LogP contribution in [0.5, 0.6) is 5.75 Å². The highest BCUT2D eigenvalue weighted by molar-refractivity contribution is 9.10. The standard InChI is InChI=1S/C26H25BrN2O5/c1-2-33-26(32)34-22-14-9-20(10-15-22)25(31)29-21-12-7-18(8-13-21)17-28-24(30)16-11-19-5-3-4-6-23(19)27/h3-10,12-15H,2,11,16-17H2,1H3,(H,28,30)(H,29,31). The quantitative estimate of drug-likeness (QED) is 0.285. The van der Waals surface area contributed by atoms with Crippen LogP contribution in [-0.2, 0) is 22.5 Å². The van der Waals surface area contributed by atoms with Crippen molar-refractivity contribution in [3.63, 3.8) is 0 Å². The molecular formula is C26H25BrN2O5. The maximum Gasteiger partial charge on any atom is 0.513 e. The molecule has 0 saturated carbocycles. The Labute approximate surface area is 206 Å². The van der Waals surface area contributed by atoms with Crippen LogP contribution in [0, 0.1) is 0 Å². The van der Waals surface area contributed by atoms with Gasteiger partial charge in [0.05, 0.1) is 6.61 Å². The van der Waals surface area contributed by atoms with Gasteiger partial charge in [-0.1, -0.05) is 46.3 Å². The molecule has 3 aromatic rings. The molecule has 0 saturated heterocycles. The fourth-order valence-electron chi connectivity index (χ4n) is 3.07. The van der Waals surface area contributed by atoms with Crippen molar-refractivity contribution in [3.05, 3.63) is 94.0 Å². The van der Waals surface area contributed by atoms with E-state index in [0.29, 0.717) is 30.6 Å². The van der Waals surface area contributed by atoms with E-state index in [1.165, 1.54) is 12.1 Å². The first-order valence-electron chi connectivity index (χ1n) is 10.8. The van der Waals surface area contributed by atoms with Crippen molar-refractivity contribution >= 4 is 39.6 Å². The minimum atomic E-state index is -0.791. The highest BCUT2D eigenvalue weighted by Gasteiger charge is 2.09. The smallest absolute Gasteiger partial charge is 0.434 e. The number of rotatable bonds is 9. The van der Waals surface area contributed by atoms with E-state index in [4.69, 9.17) is 9.47 Å². The Bertz CT molecular complexity index is 1130. The van der Waals surface area contributed by atoms with E-state index in [-0.39, 0.29) is 24.2 Å². The first kappa shape index (κ1) is 25.0. The zero-order chi connectivity index (χ0) is 24.3. The number of nitrogens with one attached hydrogen (secondary N) is 2. The topological polar surface area (TPSA) is 93.7 Å². The van der Waals surface area contributed by atoms with Crippen LogP contribution in [0.4, 0.5) is 10.5 Å². The van der Waals surface area contributed by atoms with E-state index < -0.39 is 6.16 Å². The average molecular weight is 525 g/mol. The Morgan fingerprint density at radius 2 is 1.62 bits per heavy atom. The summed E-state index contributed by atoms with van der Waals surface area (Å²) < 4.78 is 10.7. The van der Waals surface area contributed by atoms with Crippen molar-refractivity contribution in [2.45, 2.75) is 26.3 Å². The summed E-state index contributed by atoms with van der Waals surface area (Å²) in [6.45, 7) is 2.31. The number of carbonyl (C=O) groups excluding carboxylic acids is 3. The number of halogens is 1. The zero-order valence-corrected chi connectivity index (χ0v) is 20.3. The van der Waals surface area contributed by atoms with Crippen LogP contribution >= 0.6 is 15.9 Å². The molecule has 8 heteroatoms. The summed E-state index contributed by atoms with van der Waals surface area (Å²) in [6, 6.07) is 21.3. The molecule has 0 fully saturated rings. The van der Waals surface area contributed by atoms with Gasteiger partial charge >= 0.3 is 6.16 Å². The number of carbonyl (C=O) groups is 3. The van der Waals surface area contributed by atoms with Gasteiger partial charge in [-0.2, -0.15) is 0 Å². The number of anilines is 1. The highest BCUT2D eigenvalue weighted by Crippen LogP contribution is 2.18. The summed E-state index contributed by atoms with van der Waals surface area (Å²) in [4.78, 5) is 36.0. The van der Waals surface area contributed by atoms with E-state index >= 15 is 0 Å². The third kappa shape index (κ3) is 7.74. The summed E-state index contributed by atoms with van der Waals surface area (Å²) in [5.74, 6) is -0.0304. The Balaban J connectivity index is 1.45. The number of aryl methyl sites for hydroxylation is 1. The van der Waals surface area contributed by atoms with Crippen LogP contribution in [0.25, 0.3) is 0 Å². The molecule has 0 heterocycles. The molecule has 0 aliphatic rings. The predicted octanol–water partition coefficient (Wildman–Crippen LogP) is 5.49. The van der Waals surface area contributed by atoms with Crippen molar-refractivity contribution < 1.29 is 23.9 Å². The lowest BCUT2D eigenvalue weighted by Gasteiger charge is -2.09. The van der Waals surface area contributed by atoms with E-state index in [1.54, 1.807) is 31.2 Å². The first-order chi connectivity index (χ1) is 16.4. The van der Waals surface area contributed by atoms with Crippen LogP contribution in [0.3, 0.4) is 0 Å². The summed E-state index contributed by atoms with van der Waals surface area (Å²) in [6.07, 6.45) is 0.273. The van der Waals surface area contributed by atoms with Gasteiger partial charge in [0.15, 0.2) is 0 Å². The second-order valence-electron chi connectivity index (χ2n) is 7.33. The van der Waals surface area contributed by atoms with Crippen LogP contribution in [-0.4, -0.2) is 24.6 Å². The number of ether oxygens (including phenoxy) is 2. The number of hydrogen-bond acceptors (Lipinski definition) is 5. The van der Waals surface area contributed by atoms with Crippen molar-refractivity contribution in [2.75, 3.05) is 11.9 Å². The Hall–Kier alpha value is -3.65. The van der Waals surface area contributed by atoms with Crippen LogP contribution in [0.15, 0.2) is 77.3 Å². The average Bonchev–Trinajstić information content (AvgIpc) is 2.83. The van der Waals surface area contributed by atoms with Crippen LogP contribution in [0.2, 0.25) is 0 Å². The van der Waals surface area contributed by atoms with Crippen molar-refractivity contribution in [1.82, 2.24) is 5.32 Å². The normalized spacial score (nSPS) is 10.3. The van der Waals surface area contributed by atoms with E-state index in [1.807, 2.05) is 36.4 Å². The van der Waals surface area contributed by atoms with E-state index in [2.05, 4.69) is 26.6 Å². The molecule has 0 unspecified atom stereocenters. The van der Waals surface area contributed by atoms with Gasteiger partial charge in [0, 0.05) is 28.7 Å². The second kappa shape index (κ2) is 12.6. The molecule has 0 aliphatic carbocycles. The molecular weight excluding hydrogens is 500 g/mol. The molecule has 3 aromatic carbocycles. The second-order valence-corrected chi connectivity index (χ2v) is 8.18. The van der Waals surface area contributed by atoms with Gasteiger partial charge in [-0.15, -0.1) is 0 Å². The van der Waals surface area contributed by atoms with Gasteiger partial charge in [-0.3, -0.25) is 9.59 Å². The molecule has 0 radical (unpaired) electrons. The van der Waals surface area contributed by atoms with Crippen LogP contribution < -0.4 is 15.4 Å². The Morgan fingerprint density at radius 3 is 2.29 bits per heavy atom. The maximum absolute atomic E-state index is 12.5. The summed E-state index contributed by atoms with van der Waals surface area (Å²) in [5, 5.41) is 5.73. The third-order valence-electron chi connectivity index (χ3n) is 4.86. The van der Waals surface area contributed by atoms with Gasteiger partial charge in [-0.05, 0) is 66.9 Å². The van der Waals surface area contributed by atoms with E-state index in [0.717, 1.165) is 15.6 Å². The monoisotopic (exact) mass is 524 g/mol. The molecule has 2 N–H and O–H groups in total. The van der Waals surface area contributed by atoms with Crippen molar-refractivity contribution in [2.24, 2.45) is 0 Å². The molecule has 0 spiro atoms. The molecule has 3 rings (SSSR count). The number of hydrogen-bond donors (Lipinski definition) is 2. The Morgan fingerprint density at radius 1 is 0.912 bits per heavy atom. The lowest BCUT2D eigenvalue weighted by molar-refractivity contribution is -0.121. The lowest BCUT2D eigenvalue weighted by Crippen LogP contribution is -2.23. The third-order valence-corrected chi connectivity index (χ3v) is 5.63. The van der Waals surface area contributed by atoms with E-state index in [9.17, 15) is 14.4 Å². The molecule has 176 valence electrons. The fourth-order valence-corrected chi connectivity index (χ4v) is 3.55. The van der Waals surface area contributed by atoms with Gasteiger partial charge in [0.2, 0.25) is 5.91 Å². The van der Waals surface area contributed by atoms with Crippen molar-refractivity contribution in [1.29, 1.82) is 0 Å². The predicted molar refractivity (Wildman–Crippen MR) is 133 cm³/mol. The number of benzene rings is 3. The minimum absolute atomic E-state index is 0.0245. The Kier molecular flexibility index (Phi) is 9.22. The highest BCUT2D eigenvalue weighted by atomic mass is 79.9. The largest absolute Gasteiger partial charge is 0.513 e. The van der Waals surface area contributed by atoms with Gasteiger partial charge in [0.25, 0.3) is 5.91 Å².